The Morgan fingerprint density at radius 1 is 0.745 bits per heavy atom. The van der Waals surface area contributed by atoms with Crippen LogP contribution >= 0.6 is 0 Å². The molecule has 0 aromatic heterocycles. The third-order valence-corrected chi connectivity index (χ3v) is 16.8. The van der Waals surface area contributed by atoms with E-state index in [1.807, 2.05) is 6.92 Å². The van der Waals surface area contributed by atoms with E-state index in [-0.39, 0.29) is 46.7 Å². The van der Waals surface area contributed by atoms with Gasteiger partial charge in [0.2, 0.25) is 0 Å². The van der Waals surface area contributed by atoms with E-state index in [2.05, 4.69) is 46.8 Å². The molecular formula is C42H68O13. The van der Waals surface area contributed by atoms with E-state index in [9.17, 15) is 46.0 Å². The zero-order chi connectivity index (χ0) is 40.3. The Morgan fingerprint density at radius 3 is 2.09 bits per heavy atom. The number of allylic oxidation sites excluding steroid dienone is 3. The summed E-state index contributed by atoms with van der Waals surface area (Å²) in [7, 11) is 0. The van der Waals surface area contributed by atoms with Crippen molar-refractivity contribution >= 4 is 0 Å². The molecule has 7 rings (SSSR count). The molecule has 2 saturated heterocycles. The van der Waals surface area contributed by atoms with Crippen LogP contribution in [-0.2, 0) is 18.9 Å². The van der Waals surface area contributed by atoms with E-state index >= 15 is 0 Å². The Labute approximate surface area is 325 Å². The van der Waals surface area contributed by atoms with Crippen LogP contribution in [0.3, 0.4) is 0 Å². The zero-order valence-electron chi connectivity index (χ0n) is 33.7. The summed E-state index contributed by atoms with van der Waals surface area (Å²) in [6.07, 6.45) is -4.63. The van der Waals surface area contributed by atoms with Gasteiger partial charge in [-0.3, -0.25) is 0 Å². The maximum atomic E-state index is 12.0. The topological polar surface area (TPSA) is 219 Å². The lowest BCUT2D eigenvalue weighted by atomic mass is 9.35. The fourth-order valence-electron chi connectivity index (χ4n) is 13.0. The van der Waals surface area contributed by atoms with Crippen LogP contribution < -0.4 is 0 Å². The molecule has 2 heterocycles. The van der Waals surface area contributed by atoms with E-state index in [4.69, 9.17) is 18.9 Å². The van der Waals surface area contributed by atoms with Crippen molar-refractivity contribution in [2.75, 3.05) is 19.8 Å². The van der Waals surface area contributed by atoms with Crippen LogP contribution in [0.15, 0.2) is 23.3 Å². The molecule has 8 unspecified atom stereocenters. The molecule has 0 bridgehead atoms. The molecule has 5 aliphatic carbocycles. The first-order valence-corrected chi connectivity index (χ1v) is 20.6. The first kappa shape index (κ1) is 42.1. The van der Waals surface area contributed by atoms with Crippen LogP contribution in [0.1, 0.15) is 99.8 Å². The lowest BCUT2D eigenvalue weighted by molar-refractivity contribution is -0.367. The second-order valence-corrected chi connectivity index (χ2v) is 20.3. The minimum atomic E-state index is -1.73. The van der Waals surface area contributed by atoms with Crippen LogP contribution in [0.5, 0.6) is 0 Å². The number of rotatable bonds is 7. The molecule has 0 aromatic carbocycles. The number of aliphatic hydroxyl groups excluding tert-OH is 9. The van der Waals surface area contributed by atoms with Crippen molar-refractivity contribution in [2.24, 2.45) is 44.3 Å². The van der Waals surface area contributed by atoms with Crippen molar-refractivity contribution in [1.29, 1.82) is 0 Å². The highest BCUT2D eigenvalue weighted by Crippen LogP contribution is 2.74. The summed E-state index contributed by atoms with van der Waals surface area (Å²) in [6, 6.07) is 0. The predicted molar refractivity (Wildman–Crippen MR) is 199 cm³/mol. The second kappa shape index (κ2) is 14.3. The van der Waals surface area contributed by atoms with Gasteiger partial charge in [0.15, 0.2) is 12.6 Å². The van der Waals surface area contributed by atoms with E-state index in [1.165, 1.54) is 11.1 Å². The minimum absolute atomic E-state index is 0.0212. The summed E-state index contributed by atoms with van der Waals surface area (Å²) in [5.74, 6) is 0.154. The summed E-state index contributed by atoms with van der Waals surface area (Å²) < 4.78 is 24.0. The Balaban J connectivity index is 1.15. The third kappa shape index (κ3) is 6.12. The highest BCUT2D eigenvalue weighted by atomic mass is 16.7. The van der Waals surface area contributed by atoms with Crippen molar-refractivity contribution in [3.8, 4) is 0 Å². The normalized spacial score (nSPS) is 54.9. The van der Waals surface area contributed by atoms with Gasteiger partial charge >= 0.3 is 0 Å². The lowest BCUT2D eigenvalue weighted by Gasteiger charge is -2.70. The average Bonchev–Trinajstić information content (AvgIpc) is 3.13. The van der Waals surface area contributed by atoms with E-state index in [1.54, 1.807) is 6.92 Å². The molecule has 7 aliphatic rings. The largest absolute Gasteiger partial charge is 0.396 e. The van der Waals surface area contributed by atoms with Gasteiger partial charge in [0, 0.05) is 16.2 Å². The first-order chi connectivity index (χ1) is 25.7. The van der Waals surface area contributed by atoms with Crippen LogP contribution in [-0.4, -0.2) is 139 Å². The van der Waals surface area contributed by atoms with E-state index in [0.717, 1.165) is 38.5 Å². The minimum Gasteiger partial charge on any atom is -0.396 e. The molecule has 2 aliphatic heterocycles. The number of hydrogen-bond acceptors (Lipinski definition) is 13. The monoisotopic (exact) mass is 780 g/mol. The quantitative estimate of drug-likeness (QED) is 0.168. The second-order valence-electron chi connectivity index (χ2n) is 20.3. The highest BCUT2D eigenvalue weighted by molar-refractivity contribution is 5.47. The number of aliphatic hydroxyl groups is 9. The smallest absolute Gasteiger partial charge is 0.187 e. The molecule has 0 spiro atoms. The summed E-state index contributed by atoms with van der Waals surface area (Å²) in [6.45, 7) is 14.4. The van der Waals surface area contributed by atoms with Crippen molar-refractivity contribution in [3.63, 3.8) is 0 Å². The van der Waals surface area contributed by atoms with Gasteiger partial charge in [0.05, 0.1) is 38.1 Å². The summed E-state index contributed by atoms with van der Waals surface area (Å²) in [4.78, 5) is 0. The van der Waals surface area contributed by atoms with Crippen LogP contribution in [0.25, 0.3) is 0 Å². The van der Waals surface area contributed by atoms with E-state index < -0.39 is 91.1 Å². The zero-order valence-corrected chi connectivity index (χ0v) is 33.7. The molecular weight excluding hydrogens is 712 g/mol. The van der Waals surface area contributed by atoms with Gasteiger partial charge < -0.3 is 64.9 Å². The molecule has 19 atom stereocenters. The summed E-state index contributed by atoms with van der Waals surface area (Å²) >= 11 is 0. The highest BCUT2D eigenvalue weighted by Gasteiger charge is 2.69. The fourth-order valence-corrected chi connectivity index (χ4v) is 13.0. The molecule has 5 fully saturated rings. The van der Waals surface area contributed by atoms with Gasteiger partial charge in [-0.1, -0.05) is 59.3 Å². The van der Waals surface area contributed by atoms with Crippen LogP contribution in [0.4, 0.5) is 0 Å². The fraction of sp³-hybridized carbons (Fsp3) is 0.905. The van der Waals surface area contributed by atoms with Crippen molar-refractivity contribution < 1.29 is 64.9 Å². The molecule has 0 radical (unpaired) electrons. The molecule has 13 nitrogen and oxygen atoms in total. The lowest BCUT2D eigenvalue weighted by Crippen LogP contribution is -2.67. The molecule has 55 heavy (non-hydrogen) atoms. The Kier molecular flexibility index (Phi) is 11.0. The molecule has 3 saturated carbocycles. The first-order valence-electron chi connectivity index (χ1n) is 20.6. The number of ether oxygens (including phenoxy) is 4. The van der Waals surface area contributed by atoms with Crippen LogP contribution in [0, 0.1) is 44.3 Å². The standard InChI is InChI=1S/C42H68O13/c1-21-29(47)34(55-35-32(50)31(49)30(48)24(18-43)53-35)33(51)36(52-21)54-28-11-12-38(4)25(39(28,5)19-44)10-13-40(6)26(38)9-8-22-23-16-37(2,3)14-15-42(23,20-45)27(46)17-41(22,40)7/h8-9,21,24-36,43-51H,10-20H2,1-7H3/t21-,24-,25?,26?,27?,28+,29+,30-,31-,32-,33-,34-,35+,36+,38?,39?,40?,41?,42?/m1/s1. The maximum absolute atomic E-state index is 12.0. The van der Waals surface area contributed by atoms with Gasteiger partial charge in [-0.25, -0.2) is 0 Å². The molecule has 9 N–H and O–H groups in total. The molecule has 0 aromatic rings. The maximum Gasteiger partial charge on any atom is 0.187 e. The third-order valence-electron chi connectivity index (χ3n) is 16.8. The van der Waals surface area contributed by atoms with E-state index in [0.29, 0.717) is 12.8 Å². The van der Waals surface area contributed by atoms with Crippen molar-refractivity contribution in [2.45, 2.75) is 173 Å². The predicted octanol–water partition coefficient (Wildman–Crippen LogP) is 1.68. The van der Waals surface area contributed by atoms with Gasteiger partial charge in [-0.15, -0.1) is 0 Å². The van der Waals surface area contributed by atoms with Gasteiger partial charge in [-0.05, 0) is 91.9 Å². The Hall–Kier alpha value is -1.04. The van der Waals surface area contributed by atoms with Gasteiger partial charge in [-0.2, -0.15) is 0 Å². The SMILES string of the molecule is C[C@H]1O[C@@H](O[C@H]2CCC3(C)C(CCC4(C)C3C=CC3=C5CC(C)(C)CCC5(CO)C(O)CC34C)C2(C)CO)[C@H](O)[C@H](O[C@@H]2O[C@H](CO)[C@@H](O)[C@@H](O)[C@H]2O)[C@H]1O. The molecule has 13 heteroatoms. The molecule has 314 valence electrons. The average molecular weight is 781 g/mol. The Bertz CT molecular complexity index is 1500. The summed E-state index contributed by atoms with van der Waals surface area (Å²) in [5.41, 5.74) is 0.476. The van der Waals surface area contributed by atoms with Gasteiger partial charge in [0.1, 0.15) is 42.7 Å². The van der Waals surface area contributed by atoms with Crippen LogP contribution in [0.2, 0.25) is 0 Å². The summed E-state index contributed by atoms with van der Waals surface area (Å²) in [5, 5.41) is 97.6. The van der Waals surface area contributed by atoms with Gasteiger partial charge in [0.25, 0.3) is 0 Å². The van der Waals surface area contributed by atoms with Crippen molar-refractivity contribution in [3.05, 3.63) is 23.3 Å². The number of hydrogen-bond donors (Lipinski definition) is 9. The van der Waals surface area contributed by atoms with Crippen molar-refractivity contribution in [1.82, 2.24) is 0 Å². The number of fused-ring (bicyclic) bond motifs is 6. The Morgan fingerprint density at radius 2 is 1.44 bits per heavy atom. The molecule has 0 amide bonds.